The van der Waals surface area contributed by atoms with Crippen molar-refractivity contribution in [3.63, 3.8) is 0 Å². The Labute approximate surface area is 129 Å². The Balaban J connectivity index is 2.11. The molecular weight excluding hydrogens is 342 g/mol. The minimum atomic E-state index is -1.08. The van der Waals surface area contributed by atoms with Gasteiger partial charge in [0.15, 0.2) is 0 Å². The lowest BCUT2D eigenvalue weighted by Gasteiger charge is -2.32. The topological polar surface area (TPSA) is 89.9 Å². The summed E-state index contributed by atoms with van der Waals surface area (Å²) in [7, 11) is 1.69. The molecule has 0 saturated carbocycles. The molecule has 0 bridgehead atoms. The fraction of sp³-hybridized carbons (Fsp3) is 0.308. The van der Waals surface area contributed by atoms with Gasteiger partial charge in [0.2, 0.25) is 5.91 Å². The normalized spacial score (nSPS) is 15.0. The Morgan fingerprint density at radius 2 is 2.05 bits per heavy atom. The van der Waals surface area contributed by atoms with E-state index < -0.39 is 12.0 Å². The summed E-state index contributed by atoms with van der Waals surface area (Å²) in [5.41, 5.74) is 0.425. The predicted octanol–water partition coefficient (Wildman–Crippen LogP) is 1.45. The van der Waals surface area contributed by atoms with E-state index in [2.05, 4.69) is 21.2 Å². The highest BCUT2D eigenvalue weighted by molar-refractivity contribution is 9.10. The number of benzene rings is 1. The van der Waals surface area contributed by atoms with E-state index in [1.165, 1.54) is 17.0 Å². The van der Waals surface area contributed by atoms with Crippen molar-refractivity contribution in [1.82, 2.24) is 9.80 Å². The third-order valence-electron chi connectivity index (χ3n) is 3.20. The van der Waals surface area contributed by atoms with E-state index in [1.807, 2.05) is 0 Å². The molecule has 0 spiro atoms. The van der Waals surface area contributed by atoms with Crippen LogP contribution >= 0.6 is 15.9 Å². The van der Waals surface area contributed by atoms with Gasteiger partial charge in [0, 0.05) is 24.6 Å². The molecule has 0 radical (unpaired) electrons. The summed E-state index contributed by atoms with van der Waals surface area (Å²) in [6.07, 6.45) is 0. The molecule has 3 amide bonds. The summed E-state index contributed by atoms with van der Waals surface area (Å²) in [4.78, 5) is 37.6. The molecule has 0 unspecified atom stereocenters. The first kappa shape index (κ1) is 15.3. The summed E-state index contributed by atoms with van der Waals surface area (Å²) in [6, 6.07) is 3.91. The molecule has 2 N–H and O–H groups in total. The number of hydrogen-bond donors (Lipinski definition) is 2. The molecule has 2 rings (SSSR count). The van der Waals surface area contributed by atoms with Crippen LogP contribution in [0.1, 0.15) is 10.4 Å². The predicted molar refractivity (Wildman–Crippen MR) is 79.3 cm³/mol. The van der Waals surface area contributed by atoms with Crippen molar-refractivity contribution < 1.29 is 19.5 Å². The Bertz CT molecular complexity index is 605. The Hall–Kier alpha value is -2.09. The van der Waals surface area contributed by atoms with Gasteiger partial charge >= 0.3 is 12.0 Å². The Morgan fingerprint density at radius 1 is 1.33 bits per heavy atom. The first-order valence-electron chi connectivity index (χ1n) is 6.21. The average Bonchev–Trinajstić information content (AvgIpc) is 2.43. The first-order chi connectivity index (χ1) is 9.88. The van der Waals surface area contributed by atoms with Crippen molar-refractivity contribution in [2.45, 2.75) is 0 Å². The largest absolute Gasteiger partial charge is 0.478 e. The second kappa shape index (κ2) is 6.13. The third-order valence-corrected chi connectivity index (χ3v) is 3.89. The van der Waals surface area contributed by atoms with E-state index >= 15 is 0 Å². The maximum Gasteiger partial charge on any atom is 0.335 e. The van der Waals surface area contributed by atoms with E-state index in [4.69, 9.17) is 5.11 Å². The van der Waals surface area contributed by atoms with E-state index in [0.717, 1.165) is 0 Å². The molecule has 7 nitrogen and oxygen atoms in total. The van der Waals surface area contributed by atoms with E-state index in [-0.39, 0.29) is 18.0 Å². The fourth-order valence-corrected chi connectivity index (χ4v) is 2.23. The molecular formula is C13H14BrN3O4. The molecule has 1 heterocycles. The lowest BCUT2D eigenvalue weighted by Crippen LogP contribution is -2.51. The molecule has 1 aliphatic rings. The SMILES string of the molecule is CN1CCN(C(=O)Nc2cc(C(=O)O)ccc2Br)CC1=O. The van der Waals surface area contributed by atoms with Gasteiger partial charge < -0.3 is 20.2 Å². The van der Waals surface area contributed by atoms with Crippen molar-refractivity contribution in [2.24, 2.45) is 0 Å². The maximum atomic E-state index is 12.1. The number of amides is 3. The van der Waals surface area contributed by atoms with Crippen LogP contribution in [-0.2, 0) is 4.79 Å². The van der Waals surface area contributed by atoms with Gasteiger partial charge in [0.05, 0.1) is 11.3 Å². The molecule has 1 fully saturated rings. The van der Waals surface area contributed by atoms with E-state index in [9.17, 15) is 14.4 Å². The monoisotopic (exact) mass is 355 g/mol. The smallest absolute Gasteiger partial charge is 0.335 e. The quantitative estimate of drug-likeness (QED) is 0.840. The van der Waals surface area contributed by atoms with Gasteiger partial charge in [0.25, 0.3) is 0 Å². The van der Waals surface area contributed by atoms with Crippen LogP contribution in [0.5, 0.6) is 0 Å². The highest BCUT2D eigenvalue weighted by Gasteiger charge is 2.25. The second-order valence-corrected chi connectivity index (χ2v) is 5.52. The number of nitrogens with zero attached hydrogens (tertiary/aromatic N) is 2. The molecule has 8 heteroatoms. The number of carboxylic acids is 1. The summed E-state index contributed by atoms with van der Waals surface area (Å²) in [5, 5.41) is 11.6. The minimum absolute atomic E-state index is 0.0125. The van der Waals surface area contributed by atoms with E-state index in [0.29, 0.717) is 23.2 Å². The molecule has 112 valence electrons. The summed E-state index contributed by atoms with van der Waals surface area (Å²) in [5.74, 6) is -1.21. The van der Waals surface area contributed by atoms with Crippen LogP contribution in [0.3, 0.4) is 0 Å². The number of hydrogen-bond acceptors (Lipinski definition) is 3. The van der Waals surface area contributed by atoms with Crippen LogP contribution in [0.25, 0.3) is 0 Å². The standard InChI is InChI=1S/C13H14BrN3O4/c1-16-4-5-17(7-11(16)18)13(21)15-10-6-8(12(19)20)2-3-9(10)14/h2-3,6H,4-5,7H2,1H3,(H,15,21)(H,19,20). The number of halogens is 1. The molecule has 21 heavy (non-hydrogen) atoms. The van der Waals surface area contributed by atoms with Crippen LogP contribution < -0.4 is 5.32 Å². The minimum Gasteiger partial charge on any atom is -0.478 e. The lowest BCUT2D eigenvalue weighted by atomic mass is 10.2. The van der Waals surface area contributed by atoms with Crippen LogP contribution in [0.2, 0.25) is 0 Å². The van der Waals surface area contributed by atoms with Gasteiger partial charge in [-0.2, -0.15) is 0 Å². The highest BCUT2D eigenvalue weighted by Crippen LogP contribution is 2.24. The number of carbonyl (C=O) groups is 3. The number of aromatic carboxylic acids is 1. The van der Waals surface area contributed by atoms with Gasteiger partial charge in [-0.05, 0) is 34.1 Å². The van der Waals surface area contributed by atoms with E-state index in [1.54, 1.807) is 18.0 Å². The molecule has 1 aromatic carbocycles. The fourth-order valence-electron chi connectivity index (χ4n) is 1.88. The summed E-state index contributed by atoms with van der Waals surface area (Å²) in [6.45, 7) is 0.922. The summed E-state index contributed by atoms with van der Waals surface area (Å²) < 4.78 is 0.571. The lowest BCUT2D eigenvalue weighted by molar-refractivity contribution is -0.133. The van der Waals surface area contributed by atoms with Crippen molar-refractivity contribution >= 4 is 39.5 Å². The average molecular weight is 356 g/mol. The van der Waals surface area contributed by atoms with Crippen LogP contribution in [0, 0.1) is 0 Å². The highest BCUT2D eigenvalue weighted by atomic mass is 79.9. The number of piperazine rings is 1. The van der Waals surface area contributed by atoms with Gasteiger partial charge in [-0.25, -0.2) is 9.59 Å². The van der Waals surface area contributed by atoms with Crippen molar-refractivity contribution in [3.05, 3.63) is 28.2 Å². The number of likely N-dealkylation sites (N-methyl/N-ethyl adjacent to an activating group) is 1. The van der Waals surface area contributed by atoms with Crippen molar-refractivity contribution in [3.8, 4) is 0 Å². The summed E-state index contributed by atoms with van der Waals surface area (Å²) >= 11 is 3.25. The Kier molecular flexibility index (Phi) is 4.46. The third kappa shape index (κ3) is 3.52. The number of nitrogens with one attached hydrogen (secondary N) is 1. The zero-order chi connectivity index (χ0) is 15.6. The number of urea groups is 1. The maximum absolute atomic E-state index is 12.1. The van der Waals surface area contributed by atoms with Gasteiger partial charge in [-0.15, -0.1) is 0 Å². The van der Waals surface area contributed by atoms with Crippen molar-refractivity contribution in [1.29, 1.82) is 0 Å². The van der Waals surface area contributed by atoms with Crippen LogP contribution in [-0.4, -0.2) is 59.5 Å². The molecule has 0 atom stereocenters. The number of carbonyl (C=O) groups excluding carboxylic acids is 2. The van der Waals surface area contributed by atoms with Crippen molar-refractivity contribution in [2.75, 3.05) is 32.0 Å². The van der Waals surface area contributed by atoms with Gasteiger partial charge in [-0.3, -0.25) is 4.79 Å². The number of carboxylic acid groups (broad SMARTS) is 1. The molecule has 1 saturated heterocycles. The molecule has 1 aliphatic heterocycles. The van der Waals surface area contributed by atoms with Gasteiger partial charge in [0.1, 0.15) is 6.54 Å². The van der Waals surface area contributed by atoms with Crippen LogP contribution in [0.4, 0.5) is 10.5 Å². The number of rotatable bonds is 2. The zero-order valence-electron chi connectivity index (χ0n) is 11.3. The van der Waals surface area contributed by atoms with Gasteiger partial charge in [-0.1, -0.05) is 0 Å². The van der Waals surface area contributed by atoms with Crippen LogP contribution in [0.15, 0.2) is 22.7 Å². The molecule has 1 aromatic rings. The second-order valence-electron chi connectivity index (χ2n) is 4.67. The first-order valence-corrected chi connectivity index (χ1v) is 7.00. The molecule has 0 aromatic heterocycles. The molecule has 0 aliphatic carbocycles. The zero-order valence-corrected chi connectivity index (χ0v) is 12.9. The number of anilines is 1. The Morgan fingerprint density at radius 3 is 2.67 bits per heavy atom.